The number of hydrogen-bond acceptors (Lipinski definition) is 4. The number of nitrogens with zero attached hydrogens (tertiary/aromatic N) is 3. The first-order chi connectivity index (χ1) is 7.56. The van der Waals surface area contributed by atoms with Crippen LogP contribution in [0.5, 0.6) is 0 Å². The van der Waals surface area contributed by atoms with Crippen LogP contribution in [0.3, 0.4) is 0 Å². The molecule has 0 aliphatic rings. The molecule has 16 heavy (non-hydrogen) atoms. The van der Waals surface area contributed by atoms with Gasteiger partial charge in [-0.3, -0.25) is 5.01 Å². The van der Waals surface area contributed by atoms with Crippen molar-refractivity contribution < 1.29 is 0 Å². The first-order valence-electron chi connectivity index (χ1n) is 4.78. The van der Waals surface area contributed by atoms with E-state index in [4.69, 9.17) is 0 Å². The van der Waals surface area contributed by atoms with Crippen LogP contribution >= 0.6 is 43.2 Å². The molecule has 0 amide bonds. The monoisotopic (exact) mass is 365 g/mol. The van der Waals surface area contributed by atoms with E-state index in [1.54, 1.807) is 11.3 Å². The zero-order valence-corrected chi connectivity index (χ0v) is 13.2. The van der Waals surface area contributed by atoms with Crippen LogP contribution in [-0.2, 0) is 6.42 Å². The van der Waals surface area contributed by atoms with Gasteiger partial charge in [-0.05, 0) is 45.7 Å². The van der Waals surface area contributed by atoms with Crippen molar-refractivity contribution in [2.24, 2.45) is 5.10 Å². The van der Waals surface area contributed by atoms with Crippen LogP contribution in [0.2, 0.25) is 0 Å². The van der Waals surface area contributed by atoms with Crippen LogP contribution in [0.4, 0.5) is 0 Å². The maximum Gasteiger partial charge on any atom is 0.160 e. The van der Waals surface area contributed by atoms with Crippen molar-refractivity contribution in [3.8, 4) is 0 Å². The summed E-state index contributed by atoms with van der Waals surface area (Å²) in [5.74, 6) is 0. The molecule has 88 valence electrons. The first-order valence-corrected chi connectivity index (χ1v) is 7.18. The summed E-state index contributed by atoms with van der Waals surface area (Å²) >= 11 is 8.45. The van der Waals surface area contributed by atoms with Gasteiger partial charge in [0, 0.05) is 30.8 Å². The molecule has 0 saturated carbocycles. The summed E-state index contributed by atoms with van der Waals surface area (Å²) < 4.78 is 1.81. The first kappa shape index (κ1) is 13.9. The lowest BCUT2D eigenvalue weighted by molar-refractivity contribution is 0.422. The van der Waals surface area contributed by atoms with E-state index >= 15 is 0 Å². The van der Waals surface area contributed by atoms with Gasteiger partial charge in [0.15, 0.2) is 3.92 Å². The van der Waals surface area contributed by atoms with E-state index in [0.717, 1.165) is 21.5 Å². The van der Waals surface area contributed by atoms with E-state index in [9.17, 15) is 0 Å². The fourth-order valence-electron chi connectivity index (χ4n) is 1.20. The Morgan fingerprint density at radius 2 is 2.31 bits per heavy atom. The number of allylic oxidation sites excluding steroid dienone is 1. The van der Waals surface area contributed by atoms with E-state index < -0.39 is 0 Å². The Labute approximate surface area is 117 Å². The Hall–Kier alpha value is -0.200. The highest BCUT2D eigenvalue weighted by Crippen LogP contribution is 2.29. The third kappa shape index (κ3) is 3.99. The molecule has 1 rings (SSSR count). The highest BCUT2D eigenvalue weighted by Gasteiger charge is 2.07. The second kappa shape index (κ2) is 6.51. The topological polar surface area (TPSA) is 28.5 Å². The fourth-order valence-corrected chi connectivity index (χ4v) is 3.65. The summed E-state index contributed by atoms with van der Waals surface area (Å²) in [5, 5.41) is 5.71. The SMILES string of the molecule is C=NN(/C=C(\C)Cc1sc(Br)nc1Br)CC. The van der Waals surface area contributed by atoms with E-state index in [0.29, 0.717) is 0 Å². The van der Waals surface area contributed by atoms with Gasteiger partial charge >= 0.3 is 0 Å². The maximum atomic E-state index is 4.26. The normalized spacial score (nSPS) is 11.6. The number of thiazole rings is 1. The van der Waals surface area contributed by atoms with Gasteiger partial charge in [-0.15, -0.1) is 11.3 Å². The van der Waals surface area contributed by atoms with Crippen molar-refractivity contribution in [1.29, 1.82) is 0 Å². The van der Waals surface area contributed by atoms with Crippen LogP contribution < -0.4 is 0 Å². The van der Waals surface area contributed by atoms with Crippen molar-refractivity contribution in [1.82, 2.24) is 9.99 Å². The van der Waals surface area contributed by atoms with Gasteiger partial charge in [-0.1, -0.05) is 5.57 Å². The van der Waals surface area contributed by atoms with E-state index in [2.05, 4.69) is 55.6 Å². The Morgan fingerprint density at radius 3 is 2.75 bits per heavy atom. The zero-order valence-electron chi connectivity index (χ0n) is 9.20. The molecule has 0 radical (unpaired) electrons. The lowest BCUT2D eigenvalue weighted by atomic mass is 10.2. The summed E-state index contributed by atoms with van der Waals surface area (Å²) in [7, 11) is 0. The van der Waals surface area contributed by atoms with Crippen LogP contribution in [0.15, 0.2) is 25.4 Å². The number of hydrazone groups is 1. The van der Waals surface area contributed by atoms with Gasteiger partial charge < -0.3 is 0 Å². The second-order valence-electron chi connectivity index (χ2n) is 3.23. The van der Waals surface area contributed by atoms with Gasteiger partial charge in [0.25, 0.3) is 0 Å². The highest BCUT2D eigenvalue weighted by molar-refractivity contribution is 9.11. The summed E-state index contributed by atoms with van der Waals surface area (Å²) in [6.45, 7) is 8.46. The highest BCUT2D eigenvalue weighted by atomic mass is 79.9. The minimum absolute atomic E-state index is 0.828. The standard InChI is InChI=1S/C10H13Br2N3S/c1-4-15(13-3)6-7(2)5-8-9(11)14-10(12)16-8/h6H,3-5H2,1-2H3/b7-6+. The Balaban J connectivity index is 2.73. The van der Waals surface area contributed by atoms with E-state index in [1.165, 1.54) is 10.5 Å². The molecule has 0 unspecified atom stereocenters. The van der Waals surface area contributed by atoms with Gasteiger partial charge in [0.1, 0.15) is 4.60 Å². The quantitative estimate of drug-likeness (QED) is 0.580. The predicted octanol–water partition coefficient (Wildman–Crippen LogP) is 4.05. The molecule has 1 aromatic rings. The fraction of sp³-hybridized carbons (Fsp3) is 0.400. The molecule has 0 spiro atoms. The maximum absolute atomic E-state index is 4.26. The van der Waals surface area contributed by atoms with Crippen molar-refractivity contribution in [3.05, 3.63) is 25.2 Å². The number of aromatic nitrogens is 1. The van der Waals surface area contributed by atoms with Crippen LogP contribution in [0.25, 0.3) is 0 Å². The summed E-state index contributed by atoms with van der Waals surface area (Å²) in [4.78, 5) is 5.47. The zero-order chi connectivity index (χ0) is 12.1. The summed E-state index contributed by atoms with van der Waals surface area (Å²) in [6.07, 6.45) is 2.88. The van der Waals surface area contributed by atoms with Crippen LogP contribution in [-0.4, -0.2) is 23.3 Å². The van der Waals surface area contributed by atoms with Crippen molar-refractivity contribution in [2.75, 3.05) is 6.54 Å². The predicted molar refractivity (Wildman–Crippen MR) is 76.9 cm³/mol. The molecule has 0 aromatic carbocycles. The average Bonchev–Trinajstić information content (AvgIpc) is 2.54. The molecule has 6 heteroatoms. The van der Waals surface area contributed by atoms with E-state index in [-0.39, 0.29) is 0 Å². The molecule has 0 aliphatic heterocycles. The molecular formula is C10H13Br2N3S. The summed E-state index contributed by atoms with van der Waals surface area (Å²) in [5.41, 5.74) is 1.23. The molecule has 0 fully saturated rings. The van der Waals surface area contributed by atoms with E-state index in [1.807, 2.05) is 18.1 Å². The van der Waals surface area contributed by atoms with Gasteiger partial charge in [-0.25, -0.2) is 4.98 Å². The number of halogens is 2. The third-order valence-electron chi connectivity index (χ3n) is 1.94. The second-order valence-corrected chi connectivity index (χ2v) is 6.34. The molecule has 0 aliphatic carbocycles. The third-order valence-corrected chi connectivity index (χ3v) is 4.36. The molecule has 0 bridgehead atoms. The van der Waals surface area contributed by atoms with Crippen LogP contribution in [0.1, 0.15) is 18.7 Å². The molecule has 3 nitrogen and oxygen atoms in total. The Kier molecular flexibility index (Phi) is 5.64. The molecule has 0 saturated heterocycles. The van der Waals surface area contributed by atoms with Crippen molar-refractivity contribution in [3.63, 3.8) is 0 Å². The van der Waals surface area contributed by atoms with Crippen molar-refractivity contribution in [2.45, 2.75) is 20.3 Å². The van der Waals surface area contributed by atoms with Gasteiger partial charge in [-0.2, -0.15) is 5.10 Å². The molecule has 1 heterocycles. The molecule has 1 aromatic heterocycles. The smallest absolute Gasteiger partial charge is 0.160 e. The lowest BCUT2D eigenvalue weighted by Gasteiger charge is -2.11. The number of hydrogen-bond donors (Lipinski definition) is 0. The van der Waals surface area contributed by atoms with Gasteiger partial charge in [0.2, 0.25) is 0 Å². The van der Waals surface area contributed by atoms with Gasteiger partial charge in [0.05, 0.1) is 0 Å². The Bertz CT molecular complexity index is 401. The average molecular weight is 367 g/mol. The Morgan fingerprint density at radius 1 is 1.62 bits per heavy atom. The molecule has 0 atom stereocenters. The number of rotatable bonds is 5. The van der Waals surface area contributed by atoms with Crippen molar-refractivity contribution >= 4 is 49.9 Å². The van der Waals surface area contributed by atoms with Crippen LogP contribution in [0, 0.1) is 0 Å². The largest absolute Gasteiger partial charge is 0.274 e. The lowest BCUT2D eigenvalue weighted by Crippen LogP contribution is -2.08. The molecular weight excluding hydrogens is 354 g/mol. The minimum Gasteiger partial charge on any atom is -0.274 e. The molecule has 0 N–H and O–H groups in total. The minimum atomic E-state index is 0.828. The summed E-state index contributed by atoms with van der Waals surface area (Å²) in [6, 6.07) is 0.